The lowest BCUT2D eigenvalue weighted by molar-refractivity contribution is -0.0249. The summed E-state index contributed by atoms with van der Waals surface area (Å²) >= 11 is 0. The van der Waals surface area contributed by atoms with E-state index < -0.39 is 0 Å². The number of amides is 1. The fourth-order valence-electron chi connectivity index (χ4n) is 2.94. The number of rotatable bonds is 2. The molecule has 0 aromatic rings. The maximum Gasteiger partial charge on any atom is 0.407 e. The van der Waals surface area contributed by atoms with Crippen LogP contribution in [0.4, 0.5) is 4.79 Å². The first-order valence-electron chi connectivity index (χ1n) is 6.35. The summed E-state index contributed by atoms with van der Waals surface area (Å²) in [7, 11) is 0. The van der Waals surface area contributed by atoms with E-state index in [1.165, 1.54) is 32.1 Å². The topological polar surface area (TPSA) is 38.3 Å². The summed E-state index contributed by atoms with van der Waals surface area (Å²) in [5, 5.41) is 2.87. The van der Waals surface area contributed by atoms with Crippen LogP contribution in [-0.4, -0.2) is 18.2 Å². The molecule has 1 spiro atoms. The standard InChI is InChI=1S/C13H23NO2/c1-12(2,3)16-11(15)14-9-10-7-13(8-10)5-4-6-13/h10H,4-9H2,1-3H3,(H,14,15). The molecule has 3 heteroatoms. The van der Waals surface area contributed by atoms with E-state index in [1.54, 1.807) is 0 Å². The number of hydrogen-bond acceptors (Lipinski definition) is 2. The molecule has 92 valence electrons. The minimum Gasteiger partial charge on any atom is -0.444 e. The van der Waals surface area contributed by atoms with Gasteiger partial charge in [0.1, 0.15) is 5.60 Å². The van der Waals surface area contributed by atoms with Crippen molar-refractivity contribution in [3.63, 3.8) is 0 Å². The van der Waals surface area contributed by atoms with E-state index in [2.05, 4.69) is 5.32 Å². The second-order valence-electron chi connectivity index (χ2n) is 6.51. The Kier molecular flexibility index (Phi) is 2.89. The van der Waals surface area contributed by atoms with Crippen LogP contribution in [0.15, 0.2) is 0 Å². The van der Waals surface area contributed by atoms with Crippen molar-refractivity contribution in [2.24, 2.45) is 11.3 Å². The molecule has 2 rings (SSSR count). The van der Waals surface area contributed by atoms with E-state index in [1.807, 2.05) is 20.8 Å². The Morgan fingerprint density at radius 2 is 2.00 bits per heavy atom. The highest BCUT2D eigenvalue weighted by atomic mass is 16.6. The monoisotopic (exact) mass is 225 g/mol. The number of alkyl carbamates (subject to hydrolysis) is 1. The fraction of sp³-hybridized carbons (Fsp3) is 0.923. The van der Waals surface area contributed by atoms with Crippen molar-refractivity contribution in [1.29, 1.82) is 0 Å². The Balaban J connectivity index is 1.60. The molecule has 1 N–H and O–H groups in total. The van der Waals surface area contributed by atoms with Gasteiger partial charge in [0, 0.05) is 6.54 Å². The van der Waals surface area contributed by atoms with E-state index in [0.717, 1.165) is 6.54 Å². The normalized spacial score (nSPS) is 23.4. The van der Waals surface area contributed by atoms with Gasteiger partial charge in [0.2, 0.25) is 0 Å². The summed E-state index contributed by atoms with van der Waals surface area (Å²) in [6, 6.07) is 0. The zero-order valence-electron chi connectivity index (χ0n) is 10.6. The van der Waals surface area contributed by atoms with Crippen molar-refractivity contribution >= 4 is 6.09 Å². The molecule has 0 aromatic carbocycles. The third-order valence-corrected chi connectivity index (χ3v) is 3.79. The number of carbonyl (C=O) groups excluding carboxylic acids is 1. The molecule has 2 aliphatic carbocycles. The summed E-state index contributed by atoms with van der Waals surface area (Å²) in [4.78, 5) is 11.4. The van der Waals surface area contributed by atoms with Crippen LogP contribution in [0.2, 0.25) is 0 Å². The van der Waals surface area contributed by atoms with Crippen molar-refractivity contribution < 1.29 is 9.53 Å². The molecule has 0 atom stereocenters. The summed E-state index contributed by atoms with van der Waals surface area (Å²) in [5.41, 5.74) is 0.305. The molecule has 1 amide bonds. The van der Waals surface area contributed by atoms with Gasteiger partial charge in [-0.3, -0.25) is 0 Å². The Bertz CT molecular complexity index is 268. The van der Waals surface area contributed by atoms with Crippen molar-refractivity contribution in [2.75, 3.05) is 6.54 Å². The zero-order chi connectivity index (χ0) is 11.8. The van der Waals surface area contributed by atoms with Gasteiger partial charge in [-0.15, -0.1) is 0 Å². The molecule has 0 aromatic heterocycles. The minimum atomic E-state index is -0.390. The van der Waals surface area contributed by atoms with Crippen molar-refractivity contribution in [1.82, 2.24) is 5.32 Å². The number of carbonyl (C=O) groups is 1. The molecule has 0 heterocycles. The highest BCUT2D eigenvalue weighted by molar-refractivity contribution is 5.67. The van der Waals surface area contributed by atoms with Gasteiger partial charge in [-0.2, -0.15) is 0 Å². The highest BCUT2D eigenvalue weighted by Gasteiger charge is 2.47. The smallest absolute Gasteiger partial charge is 0.407 e. The molecule has 16 heavy (non-hydrogen) atoms. The van der Waals surface area contributed by atoms with Crippen LogP contribution in [0.1, 0.15) is 52.9 Å². The first kappa shape index (κ1) is 11.7. The van der Waals surface area contributed by atoms with E-state index in [-0.39, 0.29) is 11.7 Å². The van der Waals surface area contributed by atoms with Gasteiger partial charge < -0.3 is 10.1 Å². The molecule has 0 saturated heterocycles. The Hall–Kier alpha value is -0.730. The maximum absolute atomic E-state index is 11.4. The predicted molar refractivity (Wildman–Crippen MR) is 63.2 cm³/mol. The minimum absolute atomic E-state index is 0.276. The van der Waals surface area contributed by atoms with Gasteiger partial charge in [-0.05, 0) is 57.8 Å². The van der Waals surface area contributed by atoms with Crippen molar-refractivity contribution in [3.8, 4) is 0 Å². The Labute approximate surface area is 97.9 Å². The van der Waals surface area contributed by atoms with Crippen LogP contribution in [0, 0.1) is 11.3 Å². The zero-order valence-corrected chi connectivity index (χ0v) is 10.6. The molecule has 0 bridgehead atoms. The van der Waals surface area contributed by atoms with Gasteiger partial charge in [0.05, 0.1) is 0 Å². The molecule has 2 fully saturated rings. The van der Waals surface area contributed by atoms with E-state index >= 15 is 0 Å². The first-order chi connectivity index (χ1) is 7.39. The van der Waals surface area contributed by atoms with Gasteiger partial charge >= 0.3 is 6.09 Å². The number of nitrogens with one attached hydrogen (secondary N) is 1. The summed E-state index contributed by atoms with van der Waals surface area (Å²) < 4.78 is 5.20. The second-order valence-corrected chi connectivity index (χ2v) is 6.51. The van der Waals surface area contributed by atoms with Crippen LogP contribution in [0.3, 0.4) is 0 Å². The molecule has 2 saturated carbocycles. The number of ether oxygens (including phenoxy) is 1. The number of hydrogen-bond donors (Lipinski definition) is 1. The summed E-state index contributed by atoms with van der Waals surface area (Å²) in [6.07, 6.45) is 6.58. The third-order valence-electron chi connectivity index (χ3n) is 3.79. The molecule has 0 aliphatic heterocycles. The van der Waals surface area contributed by atoms with Gasteiger partial charge in [-0.25, -0.2) is 4.79 Å². The fourth-order valence-corrected chi connectivity index (χ4v) is 2.94. The largest absolute Gasteiger partial charge is 0.444 e. The molecule has 0 unspecified atom stereocenters. The van der Waals surface area contributed by atoms with Gasteiger partial charge in [0.25, 0.3) is 0 Å². The lowest BCUT2D eigenvalue weighted by atomic mass is 9.52. The van der Waals surface area contributed by atoms with Crippen molar-refractivity contribution in [3.05, 3.63) is 0 Å². The molecular formula is C13H23NO2. The van der Waals surface area contributed by atoms with Gasteiger partial charge in [0.15, 0.2) is 0 Å². The Morgan fingerprint density at radius 3 is 2.44 bits per heavy atom. The Morgan fingerprint density at radius 1 is 1.38 bits per heavy atom. The van der Waals surface area contributed by atoms with Gasteiger partial charge in [-0.1, -0.05) is 6.42 Å². The van der Waals surface area contributed by atoms with Crippen LogP contribution >= 0.6 is 0 Å². The average Bonchev–Trinajstić information content (AvgIpc) is 1.94. The lowest BCUT2D eigenvalue weighted by Crippen LogP contribution is -2.47. The summed E-state index contributed by atoms with van der Waals surface area (Å²) in [5.74, 6) is 0.688. The average molecular weight is 225 g/mol. The quantitative estimate of drug-likeness (QED) is 0.784. The lowest BCUT2D eigenvalue weighted by Gasteiger charge is -2.54. The molecular weight excluding hydrogens is 202 g/mol. The van der Waals surface area contributed by atoms with Crippen molar-refractivity contribution in [2.45, 2.75) is 58.5 Å². The molecule has 2 aliphatic rings. The van der Waals surface area contributed by atoms with E-state index in [9.17, 15) is 4.79 Å². The van der Waals surface area contributed by atoms with E-state index in [4.69, 9.17) is 4.74 Å². The predicted octanol–water partition coefficient (Wildman–Crippen LogP) is 3.09. The molecule has 3 nitrogen and oxygen atoms in total. The SMILES string of the molecule is CC(C)(C)OC(=O)NCC1CC2(CCC2)C1. The maximum atomic E-state index is 11.4. The van der Waals surface area contributed by atoms with E-state index in [0.29, 0.717) is 11.3 Å². The van der Waals surface area contributed by atoms with Crippen LogP contribution in [0.5, 0.6) is 0 Å². The van der Waals surface area contributed by atoms with Crippen LogP contribution in [0.25, 0.3) is 0 Å². The first-order valence-corrected chi connectivity index (χ1v) is 6.35. The summed E-state index contributed by atoms with van der Waals surface area (Å²) in [6.45, 7) is 6.45. The second kappa shape index (κ2) is 3.94. The van der Waals surface area contributed by atoms with Crippen LogP contribution < -0.4 is 5.32 Å². The third kappa shape index (κ3) is 2.69. The molecule has 0 radical (unpaired) electrons. The van der Waals surface area contributed by atoms with Crippen LogP contribution in [-0.2, 0) is 4.74 Å². The highest BCUT2D eigenvalue weighted by Crippen LogP contribution is 2.58.